The number of amides is 1. The zero-order chi connectivity index (χ0) is 18.6. The Morgan fingerprint density at radius 1 is 1.25 bits per heavy atom. The van der Waals surface area contributed by atoms with Crippen molar-refractivity contribution >= 4 is 45.7 Å². The predicted molar refractivity (Wildman–Crippen MR) is 117 cm³/mol. The molecule has 6 nitrogen and oxygen atoms in total. The van der Waals surface area contributed by atoms with Gasteiger partial charge in [0, 0.05) is 26.2 Å². The number of fused-ring (bicyclic) bond motifs is 1. The number of thiophene rings is 1. The summed E-state index contributed by atoms with van der Waals surface area (Å²) in [7, 11) is 0. The number of anilines is 1. The van der Waals surface area contributed by atoms with Crippen LogP contribution in [0.25, 0.3) is 10.2 Å². The highest BCUT2D eigenvalue weighted by molar-refractivity contribution is 7.16. The Labute approximate surface area is 177 Å². The maximum atomic E-state index is 13.1. The Morgan fingerprint density at radius 2 is 2.07 bits per heavy atom. The molecule has 0 aliphatic carbocycles. The number of nitrogens with one attached hydrogen (secondary N) is 1. The van der Waals surface area contributed by atoms with Gasteiger partial charge in [0.1, 0.15) is 17.0 Å². The molecule has 0 bridgehead atoms. The number of hydrogen-bond acceptors (Lipinski definition) is 6. The lowest BCUT2D eigenvalue weighted by Crippen LogP contribution is -2.48. The van der Waals surface area contributed by atoms with Crippen molar-refractivity contribution in [2.75, 3.05) is 44.2 Å². The molecule has 8 heteroatoms. The molecule has 4 rings (SSSR count). The quantitative estimate of drug-likeness (QED) is 0.800. The van der Waals surface area contributed by atoms with Crippen LogP contribution in [-0.4, -0.2) is 60.0 Å². The molecule has 28 heavy (non-hydrogen) atoms. The lowest BCUT2D eigenvalue weighted by atomic mass is 9.92. The molecule has 2 aliphatic rings. The van der Waals surface area contributed by atoms with Gasteiger partial charge in [-0.25, -0.2) is 9.97 Å². The van der Waals surface area contributed by atoms with Crippen molar-refractivity contribution in [3.05, 3.63) is 17.8 Å². The third-order valence-corrected chi connectivity index (χ3v) is 6.74. The van der Waals surface area contributed by atoms with Gasteiger partial charge in [0.15, 0.2) is 0 Å². The molecular weight excluding hydrogens is 394 g/mol. The topological polar surface area (TPSA) is 61.4 Å². The van der Waals surface area contributed by atoms with Crippen molar-refractivity contribution in [3.63, 3.8) is 0 Å². The van der Waals surface area contributed by atoms with Gasteiger partial charge in [-0.3, -0.25) is 4.79 Å². The van der Waals surface area contributed by atoms with Crippen LogP contribution in [-0.2, 0) is 4.79 Å². The summed E-state index contributed by atoms with van der Waals surface area (Å²) in [5.74, 6) is 2.14. The van der Waals surface area contributed by atoms with Crippen LogP contribution >= 0.6 is 23.7 Å². The molecule has 0 radical (unpaired) electrons. The molecule has 2 fully saturated rings. The largest absolute Gasteiger partial charge is 0.355 e. The number of hydrogen-bond donors (Lipinski definition) is 1. The molecule has 1 N–H and O–H groups in total. The summed E-state index contributed by atoms with van der Waals surface area (Å²) in [6, 6.07) is 2.09. The number of aromatic nitrogens is 2. The van der Waals surface area contributed by atoms with Gasteiger partial charge in [-0.1, -0.05) is 6.92 Å². The van der Waals surface area contributed by atoms with Crippen molar-refractivity contribution in [3.8, 4) is 0 Å². The normalized spacial score (nSPS) is 21.0. The highest BCUT2D eigenvalue weighted by Gasteiger charge is 2.32. The number of piperidine rings is 2. The Kier molecular flexibility index (Phi) is 7.48. The molecule has 0 saturated carbocycles. The maximum absolute atomic E-state index is 13.1. The fourth-order valence-electron chi connectivity index (χ4n) is 4.36. The minimum atomic E-state index is 0. The summed E-state index contributed by atoms with van der Waals surface area (Å²) in [5, 5.41) is 6.61. The monoisotopic (exact) mass is 423 g/mol. The van der Waals surface area contributed by atoms with Crippen molar-refractivity contribution < 1.29 is 4.79 Å². The second-order valence-electron chi connectivity index (χ2n) is 7.70. The van der Waals surface area contributed by atoms with Crippen LogP contribution < -0.4 is 10.2 Å². The van der Waals surface area contributed by atoms with Gasteiger partial charge in [0.2, 0.25) is 5.91 Å². The Hall–Kier alpha value is -1.44. The van der Waals surface area contributed by atoms with E-state index in [0.29, 0.717) is 11.8 Å². The first-order valence-electron chi connectivity index (χ1n) is 10.2. The van der Waals surface area contributed by atoms with Gasteiger partial charge >= 0.3 is 0 Å². The molecule has 1 amide bonds. The zero-order valence-corrected chi connectivity index (χ0v) is 18.1. The van der Waals surface area contributed by atoms with Crippen LogP contribution in [0.15, 0.2) is 17.8 Å². The van der Waals surface area contributed by atoms with Gasteiger partial charge in [-0.2, -0.15) is 0 Å². The molecule has 4 heterocycles. The lowest BCUT2D eigenvalue weighted by molar-refractivity contribution is -0.137. The molecule has 2 aromatic rings. The van der Waals surface area contributed by atoms with E-state index in [2.05, 4.69) is 43.5 Å². The minimum Gasteiger partial charge on any atom is -0.355 e. The van der Waals surface area contributed by atoms with E-state index in [1.54, 1.807) is 17.7 Å². The maximum Gasteiger partial charge on any atom is 0.227 e. The summed E-state index contributed by atoms with van der Waals surface area (Å²) in [6.45, 7) is 7.82. The molecule has 2 saturated heterocycles. The van der Waals surface area contributed by atoms with E-state index < -0.39 is 0 Å². The highest BCUT2D eigenvalue weighted by Crippen LogP contribution is 2.31. The molecule has 2 aliphatic heterocycles. The standard InChI is InChI=1S/C20H29N5OS.ClH/c1-2-21-12-15-5-9-24(10-6-15)20(26)16-4-3-8-25(13-16)18-17-7-11-27-19(17)23-14-22-18;/h7,11,14-16,21H,2-6,8-10,12-13H2,1H3;1H. The third-order valence-electron chi connectivity index (χ3n) is 5.92. The first-order valence-corrected chi connectivity index (χ1v) is 11.1. The van der Waals surface area contributed by atoms with Crippen molar-refractivity contribution in [2.45, 2.75) is 32.6 Å². The Balaban J connectivity index is 0.00000225. The first-order chi connectivity index (χ1) is 13.3. The molecular formula is C20H30ClN5OS. The van der Waals surface area contributed by atoms with Crippen LogP contribution in [0.1, 0.15) is 32.6 Å². The SMILES string of the molecule is CCNCC1CCN(C(=O)C2CCCN(c3ncnc4sccc34)C2)CC1.Cl. The van der Waals surface area contributed by atoms with E-state index >= 15 is 0 Å². The van der Waals surface area contributed by atoms with Crippen LogP contribution in [0.4, 0.5) is 5.82 Å². The van der Waals surface area contributed by atoms with Gasteiger partial charge in [0.05, 0.1) is 11.3 Å². The van der Waals surface area contributed by atoms with Crippen molar-refractivity contribution in [2.24, 2.45) is 11.8 Å². The fraction of sp³-hybridized carbons (Fsp3) is 0.650. The third kappa shape index (κ3) is 4.58. The number of rotatable bonds is 5. The smallest absolute Gasteiger partial charge is 0.227 e. The van der Waals surface area contributed by atoms with Gasteiger partial charge < -0.3 is 15.1 Å². The fourth-order valence-corrected chi connectivity index (χ4v) is 5.09. The van der Waals surface area contributed by atoms with E-state index in [1.807, 2.05) is 0 Å². The summed E-state index contributed by atoms with van der Waals surface area (Å²) in [4.78, 5) is 27.4. The van der Waals surface area contributed by atoms with Crippen LogP contribution in [0.3, 0.4) is 0 Å². The molecule has 154 valence electrons. The van der Waals surface area contributed by atoms with E-state index in [4.69, 9.17) is 0 Å². The van der Waals surface area contributed by atoms with E-state index in [1.165, 1.54) is 0 Å². The average Bonchev–Trinajstić information content (AvgIpc) is 3.21. The van der Waals surface area contributed by atoms with E-state index in [9.17, 15) is 4.79 Å². The highest BCUT2D eigenvalue weighted by atomic mass is 35.5. The summed E-state index contributed by atoms with van der Waals surface area (Å²) < 4.78 is 0. The summed E-state index contributed by atoms with van der Waals surface area (Å²) >= 11 is 1.64. The second kappa shape index (κ2) is 9.85. The number of halogens is 1. The summed E-state index contributed by atoms with van der Waals surface area (Å²) in [5.41, 5.74) is 0. The molecule has 2 aromatic heterocycles. The summed E-state index contributed by atoms with van der Waals surface area (Å²) in [6.07, 6.45) is 5.93. The van der Waals surface area contributed by atoms with Gasteiger partial charge in [0.25, 0.3) is 0 Å². The van der Waals surface area contributed by atoms with Gasteiger partial charge in [-0.15, -0.1) is 23.7 Å². The predicted octanol–water partition coefficient (Wildman–Crippen LogP) is 3.18. The molecule has 1 unspecified atom stereocenters. The number of likely N-dealkylation sites (tertiary alicyclic amines) is 1. The number of carbonyl (C=O) groups is 1. The lowest BCUT2D eigenvalue weighted by Gasteiger charge is -2.38. The Morgan fingerprint density at radius 3 is 2.86 bits per heavy atom. The van der Waals surface area contributed by atoms with E-state index in [0.717, 1.165) is 81.0 Å². The second-order valence-corrected chi connectivity index (χ2v) is 8.59. The van der Waals surface area contributed by atoms with Crippen LogP contribution in [0, 0.1) is 11.8 Å². The van der Waals surface area contributed by atoms with Crippen molar-refractivity contribution in [1.82, 2.24) is 20.2 Å². The number of nitrogens with zero attached hydrogens (tertiary/aromatic N) is 4. The van der Waals surface area contributed by atoms with E-state index in [-0.39, 0.29) is 18.3 Å². The first kappa shape index (κ1) is 21.3. The molecule has 0 aromatic carbocycles. The number of carbonyl (C=O) groups excluding carboxylic acids is 1. The average molecular weight is 424 g/mol. The Bertz CT molecular complexity index is 777. The molecule has 0 spiro atoms. The van der Waals surface area contributed by atoms with Crippen LogP contribution in [0.5, 0.6) is 0 Å². The van der Waals surface area contributed by atoms with Crippen molar-refractivity contribution in [1.29, 1.82) is 0 Å². The minimum absolute atomic E-state index is 0. The molecule has 1 atom stereocenters. The van der Waals surface area contributed by atoms with Crippen LogP contribution in [0.2, 0.25) is 0 Å². The zero-order valence-electron chi connectivity index (χ0n) is 16.5. The van der Waals surface area contributed by atoms with Gasteiger partial charge in [-0.05, 0) is 56.1 Å².